The normalized spacial score (nSPS) is 15.7. The minimum Gasteiger partial charge on any atom is -0.383 e. The molecule has 0 bridgehead atoms. The Morgan fingerprint density at radius 3 is 3.07 bits per heavy atom. The van der Waals surface area contributed by atoms with Crippen molar-refractivity contribution in [2.24, 2.45) is 0 Å². The molecule has 0 fully saturated rings. The minimum atomic E-state index is 0.0396. The molecule has 1 unspecified atom stereocenters. The van der Waals surface area contributed by atoms with Gasteiger partial charge >= 0.3 is 0 Å². The predicted molar refractivity (Wildman–Crippen MR) is 61.0 cm³/mol. The number of carbonyl (C=O) groups excluding carboxylic acids is 1. The molecule has 0 spiro atoms. The van der Waals surface area contributed by atoms with Gasteiger partial charge in [-0.25, -0.2) is 0 Å². The van der Waals surface area contributed by atoms with Gasteiger partial charge in [0.05, 0.1) is 0 Å². The number of carbonyl (C=O) groups is 1. The van der Waals surface area contributed by atoms with Crippen molar-refractivity contribution in [1.29, 1.82) is 0 Å². The second-order valence-corrected chi connectivity index (χ2v) is 4.01. The number of rotatable bonds is 3. The first-order valence-electron chi connectivity index (χ1n) is 5.38. The molecule has 1 aliphatic heterocycles. The van der Waals surface area contributed by atoms with Crippen LogP contribution in [0, 0.1) is 0 Å². The Balaban J connectivity index is 2.22. The predicted octanol–water partition coefficient (Wildman–Crippen LogP) is 2.14. The molecule has 1 heterocycles. The number of amides is 1. The second-order valence-electron chi connectivity index (χ2n) is 4.01. The Bertz CT molecular complexity index is 387. The highest BCUT2D eigenvalue weighted by molar-refractivity contribution is 5.99. The van der Waals surface area contributed by atoms with Gasteiger partial charge in [-0.15, -0.1) is 0 Å². The molecule has 1 atom stereocenters. The van der Waals surface area contributed by atoms with E-state index in [4.69, 9.17) is 0 Å². The van der Waals surface area contributed by atoms with Crippen molar-refractivity contribution < 1.29 is 4.79 Å². The van der Waals surface area contributed by atoms with E-state index in [9.17, 15) is 4.79 Å². The summed E-state index contributed by atoms with van der Waals surface area (Å²) in [4.78, 5) is 11.4. The molecule has 3 nitrogen and oxygen atoms in total. The molecular formula is C12H16N2O. The number of fused-ring (bicyclic) bond motifs is 1. The van der Waals surface area contributed by atoms with E-state index >= 15 is 0 Å². The highest BCUT2D eigenvalue weighted by Gasteiger charge is 2.18. The summed E-state index contributed by atoms with van der Waals surface area (Å²) in [5, 5.41) is 6.17. The quantitative estimate of drug-likeness (QED) is 0.792. The molecule has 1 aromatic carbocycles. The third kappa shape index (κ3) is 1.96. The van der Waals surface area contributed by atoms with Gasteiger partial charge in [0.25, 0.3) is 5.91 Å². The van der Waals surface area contributed by atoms with E-state index in [1.165, 1.54) is 0 Å². The summed E-state index contributed by atoms with van der Waals surface area (Å²) < 4.78 is 0. The molecule has 2 N–H and O–H groups in total. The van der Waals surface area contributed by atoms with Crippen LogP contribution in [0.15, 0.2) is 18.2 Å². The minimum absolute atomic E-state index is 0.0396. The van der Waals surface area contributed by atoms with Crippen LogP contribution < -0.4 is 10.6 Å². The molecule has 1 aliphatic rings. The first-order chi connectivity index (χ1) is 7.20. The smallest absolute Gasteiger partial charge is 0.251 e. The number of anilines is 1. The van der Waals surface area contributed by atoms with E-state index in [0.717, 1.165) is 23.2 Å². The lowest BCUT2D eigenvalue weighted by molar-refractivity contribution is 0.0966. The molecule has 0 radical (unpaired) electrons. The van der Waals surface area contributed by atoms with E-state index in [1.807, 2.05) is 18.2 Å². The van der Waals surface area contributed by atoms with Crippen LogP contribution in [0.2, 0.25) is 0 Å². The van der Waals surface area contributed by atoms with Crippen molar-refractivity contribution in [1.82, 2.24) is 5.32 Å². The monoisotopic (exact) mass is 204 g/mol. The van der Waals surface area contributed by atoms with E-state index < -0.39 is 0 Å². The first-order valence-corrected chi connectivity index (χ1v) is 5.38. The lowest BCUT2D eigenvalue weighted by Crippen LogP contribution is -2.14. The van der Waals surface area contributed by atoms with Crippen LogP contribution in [0.5, 0.6) is 0 Å². The second kappa shape index (κ2) is 3.93. The average Bonchev–Trinajstić information content (AvgIpc) is 2.60. The van der Waals surface area contributed by atoms with Crippen molar-refractivity contribution in [2.75, 3.05) is 5.32 Å². The summed E-state index contributed by atoms with van der Waals surface area (Å²) in [6, 6.07) is 6.42. The fourth-order valence-electron chi connectivity index (χ4n) is 1.69. The van der Waals surface area contributed by atoms with Gasteiger partial charge in [-0.05, 0) is 31.0 Å². The Labute approximate surface area is 89.9 Å². The fraction of sp³-hybridized carbons (Fsp3) is 0.417. The summed E-state index contributed by atoms with van der Waals surface area (Å²) in [5.74, 6) is 0.0396. The first kappa shape index (κ1) is 10.0. The number of hydrogen-bond acceptors (Lipinski definition) is 2. The Hall–Kier alpha value is -1.51. The van der Waals surface area contributed by atoms with Crippen LogP contribution in [-0.4, -0.2) is 11.9 Å². The lowest BCUT2D eigenvalue weighted by atomic mass is 10.1. The fourth-order valence-corrected chi connectivity index (χ4v) is 1.69. The van der Waals surface area contributed by atoms with Gasteiger partial charge in [0.15, 0.2) is 0 Å². The van der Waals surface area contributed by atoms with E-state index in [1.54, 1.807) is 0 Å². The van der Waals surface area contributed by atoms with Crippen molar-refractivity contribution in [3.63, 3.8) is 0 Å². The van der Waals surface area contributed by atoms with Gasteiger partial charge in [-0.2, -0.15) is 0 Å². The molecule has 0 aromatic heterocycles. The van der Waals surface area contributed by atoms with Crippen molar-refractivity contribution in [2.45, 2.75) is 32.9 Å². The van der Waals surface area contributed by atoms with Crippen molar-refractivity contribution >= 4 is 11.6 Å². The molecule has 80 valence electrons. The molecule has 15 heavy (non-hydrogen) atoms. The topological polar surface area (TPSA) is 41.1 Å². The van der Waals surface area contributed by atoms with Crippen molar-refractivity contribution in [3.05, 3.63) is 29.3 Å². The molecule has 2 rings (SSSR count). The third-order valence-electron chi connectivity index (χ3n) is 2.82. The summed E-state index contributed by atoms with van der Waals surface area (Å²) in [6.45, 7) is 4.93. The maximum Gasteiger partial charge on any atom is 0.251 e. The maximum absolute atomic E-state index is 11.4. The zero-order chi connectivity index (χ0) is 10.8. The molecular weight excluding hydrogens is 188 g/mol. The largest absolute Gasteiger partial charge is 0.383 e. The van der Waals surface area contributed by atoms with Gasteiger partial charge < -0.3 is 10.6 Å². The van der Waals surface area contributed by atoms with Crippen LogP contribution in [0.25, 0.3) is 0 Å². The molecule has 3 heteroatoms. The van der Waals surface area contributed by atoms with Crippen LogP contribution in [0.1, 0.15) is 36.2 Å². The van der Waals surface area contributed by atoms with Crippen LogP contribution in [0.4, 0.5) is 5.69 Å². The zero-order valence-corrected chi connectivity index (χ0v) is 9.13. The Morgan fingerprint density at radius 1 is 1.53 bits per heavy atom. The number of benzene rings is 1. The van der Waals surface area contributed by atoms with E-state index in [-0.39, 0.29) is 5.91 Å². The lowest BCUT2D eigenvalue weighted by Gasteiger charge is -2.13. The van der Waals surface area contributed by atoms with Crippen LogP contribution in [0.3, 0.4) is 0 Å². The molecule has 1 amide bonds. The maximum atomic E-state index is 11.4. The highest BCUT2D eigenvalue weighted by atomic mass is 16.1. The summed E-state index contributed by atoms with van der Waals surface area (Å²) in [7, 11) is 0. The zero-order valence-electron chi connectivity index (χ0n) is 9.13. The summed E-state index contributed by atoms with van der Waals surface area (Å²) in [6.07, 6.45) is 1.07. The number of nitrogens with one attached hydrogen (secondary N) is 2. The standard InChI is InChI=1S/C12H16N2O/c1-3-8(2)14-10-5-4-9-7-13-12(15)11(9)6-10/h4-6,8,14H,3,7H2,1-2H3,(H,13,15). The van der Waals surface area contributed by atoms with Gasteiger partial charge in [-0.3, -0.25) is 4.79 Å². The summed E-state index contributed by atoms with van der Waals surface area (Å²) in [5.41, 5.74) is 2.93. The van der Waals surface area contributed by atoms with E-state index in [0.29, 0.717) is 12.6 Å². The highest BCUT2D eigenvalue weighted by Crippen LogP contribution is 2.20. The Morgan fingerprint density at radius 2 is 2.33 bits per heavy atom. The molecule has 0 saturated carbocycles. The van der Waals surface area contributed by atoms with Gasteiger partial charge in [0.1, 0.15) is 0 Å². The molecule has 1 aromatic rings. The summed E-state index contributed by atoms with van der Waals surface area (Å²) >= 11 is 0. The SMILES string of the molecule is CCC(C)Nc1ccc2c(c1)C(=O)NC2. The number of hydrogen-bond donors (Lipinski definition) is 2. The van der Waals surface area contributed by atoms with Crippen LogP contribution >= 0.6 is 0 Å². The van der Waals surface area contributed by atoms with Crippen LogP contribution in [-0.2, 0) is 6.54 Å². The van der Waals surface area contributed by atoms with E-state index in [2.05, 4.69) is 24.5 Å². The van der Waals surface area contributed by atoms with Crippen molar-refractivity contribution in [3.8, 4) is 0 Å². The van der Waals surface area contributed by atoms with Gasteiger partial charge in [0, 0.05) is 23.8 Å². The Kier molecular flexibility index (Phi) is 2.62. The molecule has 0 saturated heterocycles. The molecule has 0 aliphatic carbocycles. The van der Waals surface area contributed by atoms with Gasteiger partial charge in [0.2, 0.25) is 0 Å². The third-order valence-corrected chi connectivity index (χ3v) is 2.82. The average molecular weight is 204 g/mol. The van der Waals surface area contributed by atoms with Gasteiger partial charge in [-0.1, -0.05) is 13.0 Å².